The van der Waals surface area contributed by atoms with Crippen LogP contribution < -0.4 is 0 Å². The van der Waals surface area contributed by atoms with Gasteiger partial charge in [-0.1, -0.05) is 23.7 Å². The fraction of sp³-hybridized carbons (Fsp3) is 0.0714. The Hall–Kier alpha value is -1.23. The maximum absolute atomic E-state index is 12.9. The molecule has 3 aromatic rings. The number of benzene rings is 2. The van der Waals surface area contributed by atoms with E-state index >= 15 is 0 Å². The summed E-state index contributed by atoms with van der Waals surface area (Å²) in [7, 11) is 6.88. The van der Waals surface area contributed by atoms with Gasteiger partial charge in [0.05, 0.1) is 12.1 Å². The summed E-state index contributed by atoms with van der Waals surface area (Å²) in [6.45, 7) is 0.539. The zero-order chi connectivity index (χ0) is 14.1. The zero-order valence-corrected chi connectivity index (χ0v) is 12.5. The van der Waals surface area contributed by atoms with Gasteiger partial charge in [-0.25, -0.2) is 4.39 Å². The number of fused-ring (bicyclic) bond motifs is 1. The largest absolute Gasteiger partial charge is 0.259 e. The summed E-state index contributed by atoms with van der Waals surface area (Å²) in [5, 5.41) is 5.62. The Bertz CT molecular complexity index is 756. The van der Waals surface area contributed by atoms with Gasteiger partial charge in [0.1, 0.15) is 5.82 Å². The van der Waals surface area contributed by atoms with Gasteiger partial charge in [0.15, 0.2) is 5.15 Å². The summed E-state index contributed by atoms with van der Waals surface area (Å²) in [6.07, 6.45) is 0. The first-order chi connectivity index (χ1) is 9.67. The molecule has 102 valence electrons. The normalized spacial score (nSPS) is 11.2. The predicted octanol–water partition coefficient (Wildman–Crippen LogP) is 5.12. The Morgan fingerprint density at radius 1 is 1.15 bits per heavy atom. The van der Waals surface area contributed by atoms with Gasteiger partial charge in [0, 0.05) is 10.3 Å². The lowest BCUT2D eigenvalue weighted by atomic mass is 10.2. The molecule has 1 heterocycles. The molecule has 0 unspecified atom stereocenters. The lowest BCUT2D eigenvalue weighted by molar-refractivity contribution is 0.625. The topological polar surface area (TPSA) is 17.8 Å². The highest BCUT2D eigenvalue weighted by Gasteiger charge is 2.10. The lowest BCUT2D eigenvalue weighted by Gasteiger charge is -2.04. The minimum absolute atomic E-state index is 0.249. The highest BCUT2D eigenvalue weighted by Crippen LogP contribution is 2.30. The Morgan fingerprint density at radius 2 is 1.90 bits per heavy atom. The van der Waals surface area contributed by atoms with Gasteiger partial charge in [-0.2, -0.15) is 5.10 Å². The van der Waals surface area contributed by atoms with E-state index in [1.54, 1.807) is 16.8 Å². The summed E-state index contributed by atoms with van der Waals surface area (Å²) in [4.78, 5) is 0.919. The van der Waals surface area contributed by atoms with Gasteiger partial charge < -0.3 is 0 Å². The molecule has 2 nitrogen and oxygen atoms in total. The molecule has 0 amide bonds. The van der Waals surface area contributed by atoms with Crippen molar-refractivity contribution in [2.75, 3.05) is 0 Å². The van der Waals surface area contributed by atoms with Crippen LogP contribution in [0.25, 0.3) is 10.9 Å². The van der Waals surface area contributed by atoms with Crippen molar-refractivity contribution in [3.8, 4) is 0 Å². The molecule has 0 N–H and O–H groups in total. The van der Waals surface area contributed by atoms with Crippen LogP contribution in [0.3, 0.4) is 0 Å². The quantitative estimate of drug-likeness (QED) is 0.664. The maximum Gasteiger partial charge on any atom is 0.158 e. The molecule has 0 saturated carbocycles. The lowest BCUT2D eigenvalue weighted by Crippen LogP contribution is -2.01. The van der Waals surface area contributed by atoms with Gasteiger partial charge in [-0.05, 0) is 57.6 Å². The minimum atomic E-state index is -0.249. The van der Waals surface area contributed by atoms with Crippen molar-refractivity contribution >= 4 is 44.2 Å². The third-order valence-corrected chi connectivity index (χ3v) is 4.26. The molecule has 0 spiro atoms. The first kappa shape index (κ1) is 13.7. The van der Waals surface area contributed by atoms with Crippen molar-refractivity contribution < 1.29 is 4.39 Å². The monoisotopic (exact) mass is 326 g/mol. The first-order valence-corrected chi connectivity index (χ1v) is 7.88. The van der Waals surface area contributed by atoms with Crippen molar-refractivity contribution in [1.29, 1.82) is 0 Å². The summed E-state index contributed by atoms with van der Waals surface area (Å²) in [6, 6.07) is 12.1. The first-order valence-electron chi connectivity index (χ1n) is 5.86. The molecular formula is C14H9Cl2FN2S. The van der Waals surface area contributed by atoms with Crippen molar-refractivity contribution in [2.45, 2.75) is 11.4 Å². The molecule has 0 fully saturated rings. The number of halogens is 3. The van der Waals surface area contributed by atoms with Crippen LogP contribution >= 0.6 is 33.3 Å². The molecule has 6 heteroatoms. The zero-order valence-electron chi connectivity index (χ0n) is 10.2. The molecule has 2 aromatic carbocycles. The van der Waals surface area contributed by atoms with E-state index in [0.717, 1.165) is 32.3 Å². The highest BCUT2D eigenvalue weighted by atomic mass is 35.7. The Balaban J connectivity index is 2.01. The molecular weight excluding hydrogens is 318 g/mol. The molecule has 0 radical (unpaired) electrons. The second-order valence-electron chi connectivity index (χ2n) is 4.33. The van der Waals surface area contributed by atoms with E-state index in [4.69, 9.17) is 22.3 Å². The molecule has 0 aliphatic heterocycles. The fourth-order valence-corrected chi connectivity index (χ4v) is 2.86. The molecule has 0 aliphatic carbocycles. The average Bonchev–Trinajstić information content (AvgIpc) is 2.77. The third-order valence-electron chi connectivity index (χ3n) is 3.01. The van der Waals surface area contributed by atoms with Crippen LogP contribution in [0.4, 0.5) is 4.39 Å². The molecule has 0 atom stereocenters. The second-order valence-corrected chi connectivity index (χ2v) is 5.78. The van der Waals surface area contributed by atoms with Crippen molar-refractivity contribution in [2.24, 2.45) is 0 Å². The van der Waals surface area contributed by atoms with Crippen molar-refractivity contribution in [3.05, 3.63) is 59.0 Å². The summed E-state index contributed by atoms with van der Waals surface area (Å²) >= 11 is 6.15. The van der Waals surface area contributed by atoms with E-state index in [2.05, 4.69) is 5.10 Å². The number of rotatable bonds is 3. The van der Waals surface area contributed by atoms with E-state index in [1.165, 1.54) is 12.1 Å². The standard InChI is InChI=1S/C14H9Cl2FN2S/c15-14-12-7-11(20-16)5-6-13(12)19(18-14)8-9-1-3-10(17)4-2-9/h1-7H,8H2. The summed E-state index contributed by atoms with van der Waals surface area (Å²) in [5.41, 5.74) is 1.89. The van der Waals surface area contributed by atoms with Gasteiger partial charge >= 0.3 is 0 Å². The van der Waals surface area contributed by atoms with Gasteiger partial charge in [0.25, 0.3) is 0 Å². The second kappa shape index (κ2) is 5.64. The molecule has 20 heavy (non-hydrogen) atoms. The van der Waals surface area contributed by atoms with E-state index < -0.39 is 0 Å². The van der Waals surface area contributed by atoms with Crippen LogP contribution in [-0.4, -0.2) is 9.78 Å². The van der Waals surface area contributed by atoms with Crippen LogP contribution in [0, 0.1) is 5.82 Å². The van der Waals surface area contributed by atoms with Gasteiger partial charge in [-0.15, -0.1) is 0 Å². The average molecular weight is 327 g/mol. The number of hydrogen-bond acceptors (Lipinski definition) is 2. The number of hydrogen-bond donors (Lipinski definition) is 0. The predicted molar refractivity (Wildman–Crippen MR) is 82.0 cm³/mol. The van der Waals surface area contributed by atoms with E-state index in [9.17, 15) is 4.39 Å². The number of nitrogens with zero attached hydrogens (tertiary/aromatic N) is 2. The molecule has 0 bridgehead atoms. The van der Waals surface area contributed by atoms with Crippen LogP contribution in [-0.2, 0) is 6.54 Å². The minimum Gasteiger partial charge on any atom is -0.259 e. The molecule has 3 rings (SSSR count). The SMILES string of the molecule is Fc1ccc(Cn2nc(Cl)c3cc(SCl)ccc32)cc1. The molecule has 0 saturated heterocycles. The maximum atomic E-state index is 12.9. The van der Waals surface area contributed by atoms with E-state index in [-0.39, 0.29) is 5.82 Å². The van der Waals surface area contributed by atoms with E-state index in [0.29, 0.717) is 11.7 Å². The third kappa shape index (κ3) is 2.64. The van der Waals surface area contributed by atoms with Crippen LogP contribution in [0.15, 0.2) is 47.4 Å². The molecule has 1 aromatic heterocycles. The fourth-order valence-electron chi connectivity index (χ4n) is 2.05. The Kier molecular flexibility index (Phi) is 3.87. The van der Waals surface area contributed by atoms with Crippen LogP contribution in [0.2, 0.25) is 5.15 Å². The number of aromatic nitrogens is 2. The van der Waals surface area contributed by atoms with Crippen LogP contribution in [0.5, 0.6) is 0 Å². The van der Waals surface area contributed by atoms with E-state index in [1.807, 2.05) is 18.2 Å². The van der Waals surface area contributed by atoms with Crippen molar-refractivity contribution in [3.63, 3.8) is 0 Å². The summed E-state index contributed by atoms with van der Waals surface area (Å²) < 4.78 is 14.7. The van der Waals surface area contributed by atoms with Crippen LogP contribution in [0.1, 0.15) is 5.56 Å². The summed E-state index contributed by atoms with van der Waals surface area (Å²) in [5.74, 6) is -0.249. The van der Waals surface area contributed by atoms with Crippen molar-refractivity contribution in [1.82, 2.24) is 9.78 Å². The molecule has 0 aliphatic rings. The highest BCUT2D eigenvalue weighted by molar-refractivity contribution is 8.21. The van der Waals surface area contributed by atoms with Gasteiger partial charge in [-0.3, -0.25) is 4.68 Å². The van der Waals surface area contributed by atoms with Gasteiger partial charge in [0.2, 0.25) is 0 Å². The Morgan fingerprint density at radius 3 is 2.60 bits per heavy atom. The smallest absolute Gasteiger partial charge is 0.158 e. The Labute approximate surface area is 129 Å².